The predicted octanol–water partition coefficient (Wildman–Crippen LogP) is 4.26. The van der Waals surface area contributed by atoms with Gasteiger partial charge in [0.2, 0.25) is 5.78 Å². The highest BCUT2D eigenvalue weighted by Gasteiger charge is 2.37. The molecule has 0 unspecified atom stereocenters. The predicted molar refractivity (Wildman–Crippen MR) is 103 cm³/mol. The molecule has 0 atom stereocenters. The lowest BCUT2D eigenvalue weighted by Gasteiger charge is -2.42. The number of nitrogens with zero attached hydrogens (tertiary/aromatic N) is 2. The van der Waals surface area contributed by atoms with Crippen molar-refractivity contribution in [3.8, 4) is 0 Å². The van der Waals surface area contributed by atoms with Gasteiger partial charge in [-0.15, -0.1) is 0 Å². The van der Waals surface area contributed by atoms with Crippen LogP contribution in [0.3, 0.4) is 0 Å². The van der Waals surface area contributed by atoms with E-state index in [-0.39, 0.29) is 34.4 Å². The largest absolute Gasteiger partial charge is 0.478 e. The molecule has 1 aliphatic carbocycles. The van der Waals surface area contributed by atoms with Crippen molar-refractivity contribution >= 4 is 11.8 Å². The standard InChI is InChI=1S/C22H26N2O3/c1-13-8-16-17(22(4,5)7-6-21(16,2)3)9-14(13)10-18(25)19-23-11-15(12-24-19)20(26)27/h8-9,11-12H,6-7,10H2,1-5H3,(H,26,27). The molecule has 1 heterocycles. The fourth-order valence-corrected chi connectivity index (χ4v) is 3.79. The summed E-state index contributed by atoms with van der Waals surface area (Å²) >= 11 is 0. The van der Waals surface area contributed by atoms with Gasteiger partial charge in [-0.2, -0.15) is 0 Å². The van der Waals surface area contributed by atoms with Crippen LogP contribution in [0.15, 0.2) is 24.5 Å². The lowest BCUT2D eigenvalue weighted by Crippen LogP contribution is -2.34. The molecule has 0 bridgehead atoms. The molecule has 142 valence electrons. The number of carboxylic acids is 1. The number of fused-ring (bicyclic) bond motifs is 1. The van der Waals surface area contributed by atoms with E-state index in [9.17, 15) is 9.59 Å². The summed E-state index contributed by atoms with van der Waals surface area (Å²) in [6, 6.07) is 4.41. The van der Waals surface area contributed by atoms with Crippen LogP contribution >= 0.6 is 0 Å². The molecule has 0 aliphatic heterocycles. The van der Waals surface area contributed by atoms with Crippen molar-refractivity contribution in [3.63, 3.8) is 0 Å². The van der Waals surface area contributed by atoms with E-state index in [1.54, 1.807) is 0 Å². The zero-order chi connectivity index (χ0) is 20.0. The summed E-state index contributed by atoms with van der Waals surface area (Å²) in [6.45, 7) is 11.1. The number of rotatable bonds is 4. The van der Waals surface area contributed by atoms with E-state index < -0.39 is 5.97 Å². The molecule has 0 spiro atoms. The number of carbonyl (C=O) groups excluding carboxylic acids is 1. The lowest BCUT2D eigenvalue weighted by molar-refractivity contribution is 0.0695. The van der Waals surface area contributed by atoms with Gasteiger partial charge in [0.05, 0.1) is 5.56 Å². The maximum atomic E-state index is 12.6. The zero-order valence-electron chi connectivity index (χ0n) is 16.6. The van der Waals surface area contributed by atoms with Crippen molar-refractivity contribution in [2.45, 2.75) is 64.7 Å². The molecule has 0 saturated heterocycles. The molecular formula is C22H26N2O3. The fraction of sp³-hybridized carbons (Fsp3) is 0.455. The number of aromatic carboxylic acids is 1. The van der Waals surface area contributed by atoms with Gasteiger partial charge >= 0.3 is 5.97 Å². The first kappa shape index (κ1) is 19.2. The van der Waals surface area contributed by atoms with Crippen molar-refractivity contribution < 1.29 is 14.7 Å². The fourth-order valence-electron chi connectivity index (χ4n) is 3.79. The number of hydrogen-bond acceptors (Lipinski definition) is 4. The van der Waals surface area contributed by atoms with Crippen LogP contribution in [0.5, 0.6) is 0 Å². The average molecular weight is 366 g/mol. The van der Waals surface area contributed by atoms with E-state index in [2.05, 4.69) is 49.8 Å². The average Bonchev–Trinajstić information content (AvgIpc) is 2.60. The number of carboxylic acid groups (broad SMARTS) is 1. The Labute approximate surface area is 159 Å². The van der Waals surface area contributed by atoms with Crippen molar-refractivity contribution in [1.29, 1.82) is 0 Å². The van der Waals surface area contributed by atoms with Gasteiger partial charge in [0, 0.05) is 18.8 Å². The van der Waals surface area contributed by atoms with E-state index >= 15 is 0 Å². The number of Topliss-reactive ketones (excluding diaryl/α,β-unsaturated/α-hetero) is 1. The molecule has 27 heavy (non-hydrogen) atoms. The smallest absolute Gasteiger partial charge is 0.338 e. The summed E-state index contributed by atoms with van der Waals surface area (Å²) in [5.74, 6) is -1.26. The summed E-state index contributed by atoms with van der Waals surface area (Å²) < 4.78 is 0. The van der Waals surface area contributed by atoms with Gasteiger partial charge < -0.3 is 5.11 Å². The summed E-state index contributed by atoms with van der Waals surface area (Å²) in [5, 5.41) is 8.92. The van der Waals surface area contributed by atoms with Crippen LogP contribution < -0.4 is 0 Å². The van der Waals surface area contributed by atoms with Gasteiger partial charge in [0.15, 0.2) is 5.82 Å². The normalized spacial score (nSPS) is 17.2. The van der Waals surface area contributed by atoms with Crippen LogP contribution in [0, 0.1) is 6.92 Å². The van der Waals surface area contributed by atoms with Gasteiger partial charge in [-0.05, 0) is 52.8 Å². The Hall–Kier alpha value is -2.56. The second-order valence-electron chi connectivity index (χ2n) is 8.79. The Morgan fingerprint density at radius 2 is 1.52 bits per heavy atom. The Kier molecular flexibility index (Phi) is 4.66. The van der Waals surface area contributed by atoms with Crippen molar-refractivity contribution in [3.05, 3.63) is 58.2 Å². The third-order valence-corrected chi connectivity index (χ3v) is 5.81. The molecule has 1 aliphatic rings. The second-order valence-corrected chi connectivity index (χ2v) is 8.79. The molecule has 3 rings (SSSR count). The molecule has 1 aromatic carbocycles. The Bertz CT molecular complexity index is 912. The highest BCUT2D eigenvalue weighted by molar-refractivity contribution is 5.95. The number of aryl methyl sites for hydroxylation is 1. The molecule has 1 aromatic heterocycles. The zero-order valence-corrected chi connectivity index (χ0v) is 16.6. The Morgan fingerprint density at radius 1 is 1.00 bits per heavy atom. The number of hydrogen-bond donors (Lipinski definition) is 1. The summed E-state index contributed by atoms with van der Waals surface area (Å²) in [4.78, 5) is 31.4. The van der Waals surface area contributed by atoms with Gasteiger partial charge in [0.25, 0.3) is 0 Å². The van der Waals surface area contributed by atoms with Gasteiger partial charge in [0.1, 0.15) is 0 Å². The minimum absolute atomic E-state index is 0.0273. The molecular weight excluding hydrogens is 340 g/mol. The first-order valence-electron chi connectivity index (χ1n) is 9.24. The number of aromatic nitrogens is 2. The molecule has 0 saturated carbocycles. The van der Waals surface area contributed by atoms with Crippen molar-refractivity contribution in [1.82, 2.24) is 9.97 Å². The maximum absolute atomic E-state index is 12.6. The van der Waals surface area contributed by atoms with Crippen molar-refractivity contribution in [2.24, 2.45) is 0 Å². The van der Waals surface area contributed by atoms with E-state index in [1.807, 2.05) is 6.92 Å². The summed E-state index contributed by atoms with van der Waals surface area (Å²) in [7, 11) is 0. The third kappa shape index (κ3) is 3.64. The molecule has 0 amide bonds. The van der Waals surface area contributed by atoms with Crippen LogP contribution in [-0.4, -0.2) is 26.8 Å². The van der Waals surface area contributed by atoms with Gasteiger partial charge in [-0.25, -0.2) is 14.8 Å². The molecule has 0 fully saturated rings. The van der Waals surface area contributed by atoms with Crippen LogP contribution in [-0.2, 0) is 17.3 Å². The van der Waals surface area contributed by atoms with Crippen LogP contribution in [0.2, 0.25) is 0 Å². The van der Waals surface area contributed by atoms with Crippen LogP contribution in [0.1, 0.15) is 83.8 Å². The Morgan fingerprint density at radius 3 is 2.04 bits per heavy atom. The lowest BCUT2D eigenvalue weighted by atomic mass is 9.62. The quantitative estimate of drug-likeness (QED) is 0.818. The Balaban J connectivity index is 1.94. The second kappa shape index (κ2) is 6.55. The first-order valence-corrected chi connectivity index (χ1v) is 9.24. The molecule has 5 heteroatoms. The van der Waals surface area contributed by atoms with E-state index in [1.165, 1.54) is 23.5 Å². The number of ketones is 1. The maximum Gasteiger partial charge on any atom is 0.338 e. The van der Waals surface area contributed by atoms with Gasteiger partial charge in [-0.3, -0.25) is 4.79 Å². The highest BCUT2D eigenvalue weighted by atomic mass is 16.4. The molecule has 1 N–H and O–H groups in total. The van der Waals surface area contributed by atoms with E-state index in [4.69, 9.17) is 5.11 Å². The molecule has 2 aromatic rings. The minimum atomic E-state index is -1.11. The SMILES string of the molecule is Cc1cc2c(cc1CC(=O)c1ncc(C(=O)O)cn1)C(C)(C)CCC2(C)C. The topological polar surface area (TPSA) is 80.2 Å². The van der Waals surface area contributed by atoms with E-state index in [0.29, 0.717) is 0 Å². The highest BCUT2D eigenvalue weighted by Crippen LogP contribution is 2.46. The van der Waals surface area contributed by atoms with Crippen molar-refractivity contribution in [2.75, 3.05) is 0 Å². The van der Waals surface area contributed by atoms with E-state index in [0.717, 1.165) is 24.0 Å². The molecule has 0 radical (unpaired) electrons. The first-order chi connectivity index (χ1) is 12.5. The van der Waals surface area contributed by atoms with Crippen LogP contribution in [0.25, 0.3) is 0 Å². The monoisotopic (exact) mass is 366 g/mol. The number of benzene rings is 1. The number of carbonyl (C=O) groups is 2. The molecule has 5 nitrogen and oxygen atoms in total. The minimum Gasteiger partial charge on any atom is -0.478 e. The van der Waals surface area contributed by atoms with Crippen LogP contribution in [0.4, 0.5) is 0 Å². The summed E-state index contributed by atoms with van der Waals surface area (Å²) in [5.41, 5.74) is 4.94. The third-order valence-electron chi connectivity index (χ3n) is 5.81. The summed E-state index contributed by atoms with van der Waals surface area (Å²) in [6.07, 6.45) is 4.82. The van der Waals surface area contributed by atoms with Gasteiger partial charge in [-0.1, -0.05) is 39.8 Å².